The van der Waals surface area contributed by atoms with Gasteiger partial charge in [0.25, 0.3) is 0 Å². The third-order valence-electron chi connectivity index (χ3n) is 4.29. The molecule has 0 unspecified atom stereocenters. The maximum Gasteiger partial charge on any atom is 0.0433 e. The molecule has 1 aliphatic heterocycles. The van der Waals surface area contributed by atoms with Crippen molar-refractivity contribution < 1.29 is 5.11 Å². The normalized spacial score (nSPS) is 20.7. The highest BCUT2D eigenvalue weighted by Crippen LogP contribution is 2.26. The Morgan fingerprint density at radius 1 is 1.00 bits per heavy atom. The second-order valence-electron chi connectivity index (χ2n) is 7.41. The third-order valence-corrected chi connectivity index (χ3v) is 4.29. The van der Waals surface area contributed by atoms with Crippen LogP contribution in [-0.2, 0) is 0 Å². The van der Waals surface area contributed by atoms with Crippen LogP contribution in [0.1, 0.15) is 46.5 Å². The van der Waals surface area contributed by atoms with Crippen molar-refractivity contribution in [3.8, 4) is 0 Å². The smallest absolute Gasteiger partial charge is 0.0433 e. The van der Waals surface area contributed by atoms with Gasteiger partial charge < -0.3 is 14.9 Å². The summed E-state index contributed by atoms with van der Waals surface area (Å²) >= 11 is 0. The fourth-order valence-electron chi connectivity index (χ4n) is 2.69. The summed E-state index contributed by atoms with van der Waals surface area (Å²) in [5.74, 6) is 0.698. The predicted octanol–water partition coefficient (Wildman–Crippen LogP) is 2.45. The van der Waals surface area contributed by atoms with Crippen LogP contribution >= 0.6 is 0 Å². The zero-order chi connectivity index (χ0) is 14.3. The fourth-order valence-corrected chi connectivity index (χ4v) is 2.69. The van der Waals surface area contributed by atoms with Gasteiger partial charge in [0.2, 0.25) is 0 Å². The lowest BCUT2D eigenvalue weighted by molar-refractivity contribution is 0.139. The van der Waals surface area contributed by atoms with E-state index in [4.69, 9.17) is 0 Å². The third kappa shape index (κ3) is 7.91. The van der Waals surface area contributed by atoms with E-state index in [0.29, 0.717) is 17.9 Å². The largest absolute Gasteiger partial charge is 0.396 e. The van der Waals surface area contributed by atoms with Crippen molar-refractivity contribution in [2.24, 2.45) is 11.3 Å². The molecule has 0 aromatic heterocycles. The minimum Gasteiger partial charge on any atom is -0.396 e. The fraction of sp³-hybridized carbons (Fsp3) is 1.00. The van der Waals surface area contributed by atoms with E-state index in [1.165, 1.54) is 52.0 Å². The number of rotatable bonds is 7. The molecule has 0 aliphatic carbocycles. The van der Waals surface area contributed by atoms with Crippen molar-refractivity contribution in [1.29, 1.82) is 0 Å². The quantitative estimate of drug-likeness (QED) is 0.770. The van der Waals surface area contributed by atoms with Crippen molar-refractivity contribution >= 4 is 0 Å². The van der Waals surface area contributed by atoms with E-state index >= 15 is 0 Å². The summed E-state index contributed by atoms with van der Waals surface area (Å²) in [5.41, 5.74) is 0.418. The standard InChI is InChI=1S/C16H34N2O/c1-16(2,3)8-5-15(7-14-19)6-9-18-12-10-17(4)11-13-18/h15,19H,5-14H2,1-4H3/t15-/m1/s1. The van der Waals surface area contributed by atoms with E-state index in [-0.39, 0.29) is 0 Å². The van der Waals surface area contributed by atoms with Crippen molar-refractivity contribution in [3.63, 3.8) is 0 Å². The Labute approximate surface area is 120 Å². The molecule has 114 valence electrons. The maximum absolute atomic E-state index is 9.22. The summed E-state index contributed by atoms with van der Waals surface area (Å²) in [7, 11) is 2.20. The predicted molar refractivity (Wildman–Crippen MR) is 82.4 cm³/mol. The molecule has 1 heterocycles. The van der Waals surface area contributed by atoms with Gasteiger partial charge in [0.15, 0.2) is 0 Å². The monoisotopic (exact) mass is 270 g/mol. The van der Waals surface area contributed by atoms with Crippen LogP contribution in [0.25, 0.3) is 0 Å². The molecule has 1 aliphatic rings. The number of piperazine rings is 1. The van der Waals surface area contributed by atoms with Gasteiger partial charge in [-0.1, -0.05) is 20.8 Å². The molecule has 1 saturated heterocycles. The molecule has 1 fully saturated rings. The first kappa shape index (κ1) is 16.9. The van der Waals surface area contributed by atoms with E-state index < -0.39 is 0 Å². The Kier molecular flexibility index (Phi) is 7.33. The molecule has 0 radical (unpaired) electrons. The van der Waals surface area contributed by atoms with Crippen LogP contribution in [0, 0.1) is 11.3 Å². The molecule has 3 heteroatoms. The average Bonchev–Trinajstić information content (AvgIpc) is 2.34. The lowest BCUT2D eigenvalue weighted by atomic mass is 9.84. The first-order valence-corrected chi connectivity index (χ1v) is 7.92. The van der Waals surface area contributed by atoms with Crippen LogP contribution in [0.5, 0.6) is 0 Å². The first-order valence-electron chi connectivity index (χ1n) is 7.92. The molecule has 0 aromatic carbocycles. The molecular formula is C16H34N2O. The Morgan fingerprint density at radius 3 is 2.16 bits per heavy atom. The summed E-state index contributed by atoms with van der Waals surface area (Å²) < 4.78 is 0. The van der Waals surface area contributed by atoms with Gasteiger partial charge in [-0.3, -0.25) is 0 Å². The summed E-state index contributed by atoms with van der Waals surface area (Å²) in [5, 5.41) is 9.22. The summed E-state index contributed by atoms with van der Waals surface area (Å²) in [4.78, 5) is 4.99. The summed E-state index contributed by atoms with van der Waals surface area (Å²) in [6.45, 7) is 13.3. The highest BCUT2D eigenvalue weighted by Gasteiger charge is 2.18. The van der Waals surface area contributed by atoms with Gasteiger partial charge in [0.1, 0.15) is 0 Å². The zero-order valence-corrected chi connectivity index (χ0v) is 13.5. The van der Waals surface area contributed by atoms with Gasteiger partial charge in [-0.2, -0.15) is 0 Å². The molecule has 1 rings (SSSR count). The lowest BCUT2D eigenvalue weighted by Gasteiger charge is -2.33. The van der Waals surface area contributed by atoms with Gasteiger partial charge >= 0.3 is 0 Å². The molecule has 19 heavy (non-hydrogen) atoms. The highest BCUT2D eigenvalue weighted by molar-refractivity contribution is 4.72. The van der Waals surface area contributed by atoms with E-state index in [1.807, 2.05) is 0 Å². The number of hydrogen-bond donors (Lipinski definition) is 1. The van der Waals surface area contributed by atoms with E-state index in [2.05, 4.69) is 37.6 Å². The van der Waals surface area contributed by atoms with E-state index in [1.54, 1.807) is 0 Å². The number of hydrogen-bond acceptors (Lipinski definition) is 3. The second kappa shape index (κ2) is 8.23. The Bertz CT molecular complexity index is 229. The van der Waals surface area contributed by atoms with Gasteiger partial charge in [0, 0.05) is 32.8 Å². The van der Waals surface area contributed by atoms with Gasteiger partial charge in [0.05, 0.1) is 0 Å². The maximum atomic E-state index is 9.22. The number of aliphatic hydroxyl groups is 1. The molecule has 0 aromatic rings. The highest BCUT2D eigenvalue weighted by atomic mass is 16.3. The Morgan fingerprint density at radius 2 is 1.63 bits per heavy atom. The van der Waals surface area contributed by atoms with Crippen LogP contribution in [0.3, 0.4) is 0 Å². The summed E-state index contributed by atoms with van der Waals surface area (Å²) in [6, 6.07) is 0. The molecule has 3 nitrogen and oxygen atoms in total. The average molecular weight is 270 g/mol. The number of nitrogens with zero attached hydrogens (tertiary/aromatic N) is 2. The van der Waals surface area contributed by atoms with Crippen LogP contribution in [-0.4, -0.2) is 61.3 Å². The van der Waals surface area contributed by atoms with Crippen molar-refractivity contribution in [1.82, 2.24) is 9.80 Å². The van der Waals surface area contributed by atoms with Crippen LogP contribution in [0.4, 0.5) is 0 Å². The van der Waals surface area contributed by atoms with E-state index in [0.717, 1.165) is 6.42 Å². The molecule has 0 spiro atoms. The Balaban J connectivity index is 2.24. The molecular weight excluding hydrogens is 236 g/mol. The van der Waals surface area contributed by atoms with Crippen LogP contribution in [0.2, 0.25) is 0 Å². The Hall–Kier alpha value is -0.120. The van der Waals surface area contributed by atoms with Crippen LogP contribution < -0.4 is 0 Å². The van der Waals surface area contributed by atoms with Crippen LogP contribution in [0.15, 0.2) is 0 Å². The van der Waals surface area contributed by atoms with Crippen molar-refractivity contribution in [2.75, 3.05) is 46.4 Å². The van der Waals surface area contributed by atoms with Gasteiger partial charge in [-0.05, 0) is 50.6 Å². The second-order valence-corrected chi connectivity index (χ2v) is 7.41. The first-order chi connectivity index (χ1) is 8.90. The summed E-state index contributed by atoms with van der Waals surface area (Å²) in [6.07, 6.45) is 4.75. The van der Waals surface area contributed by atoms with Crippen molar-refractivity contribution in [3.05, 3.63) is 0 Å². The van der Waals surface area contributed by atoms with E-state index in [9.17, 15) is 5.11 Å². The lowest BCUT2D eigenvalue weighted by Crippen LogP contribution is -2.45. The molecule has 0 amide bonds. The topological polar surface area (TPSA) is 26.7 Å². The molecule has 1 N–H and O–H groups in total. The van der Waals surface area contributed by atoms with Crippen molar-refractivity contribution in [2.45, 2.75) is 46.5 Å². The minimum atomic E-state index is 0.345. The molecule has 1 atom stereocenters. The van der Waals surface area contributed by atoms with Gasteiger partial charge in [-0.15, -0.1) is 0 Å². The minimum absolute atomic E-state index is 0.345. The zero-order valence-electron chi connectivity index (χ0n) is 13.5. The number of likely N-dealkylation sites (N-methyl/N-ethyl adjacent to an activating group) is 1. The molecule has 0 saturated carbocycles. The van der Waals surface area contributed by atoms with Gasteiger partial charge in [-0.25, -0.2) is 0 Å². The molecule has 0 bridgehead atoms. The number of aliphatic hydroxyl groups excluding tert-OH is 1. The SMILES string of the molecule is CN1CCN(CC[C@H](CCO)CCC(C)(C)C)CC1.